The first-order valence-electron chi connectivity index (χ1n) is 5.96. The summed E-state index contributed by atoms with van der Waals surface area (Å²) < 4.78 is 0. The zero-order valence-corrected chi connectivity index (χ0v) is 12.2. The molecule has 21 heavy (non-hydrogen) atoms. The molecule has 7 heteroatoms. The lowest BCUT2D eigenvalue weighted by Gasteiger charge is -2.10. The van der Waals surface area contributed by atoms with Gasteiger partial charge in [-0.1, -0.05) is 35.7 Å². The van der Waals surface area contributed by atoms with Crippen LogP contribution in [0.4, 0.5) is 0 Å². The van der Waals surface area contributed by atoms with Crippen molar-refractivity contribution in [2.24, 2.45) is 4.99 Å². The lowest BCUT2D eigenvalue weighted by molar-refractivity contribution is -0.212. The second kappa shape index (κ2) is 6.11. The van der Waals surface area contributed by atoms with E-state index in [4.69, 9.17) is 0 Å². The van der Waals surface area contributed by atoms with Gasteiger partial charge in [-0.2, -0.15) is 0 Å². The molecule has 0 radical (unpaired) electrons. The highest BCUT2D eigenvalue weighted by Gasteiger charge is 2.24. The SMILES string of the molecule is O=C1N=C([O-])C(Sc2ccccn2)=C1Sc1ccccn1. The van der Waals surface area contributed by atoms with Crippen LogP contribution in [0.1, 0.15) is 0 Å². The molecule has 0 bridgehead atoms. The van der Waals surface area contributed by atoms with Gasteiger partial charge in [0.05, 0.1) is 4.91 Å². The van der Waals surface area contributed by atoms with E-state index in [0.29, 0.717) is 19.9 Å². The minimum absolute atomic E-state index is 0.300. The van der Waals surface area contributed by atoms with E-state index in [-0.39, 0.29) is 0 Å². The third-order valence-corrected chi connectivity index (χ3v) is 4.68. The van der Waals surface area contributed by atoms with Gasteiger partial charge in [0.1, 0.15) is 10.1 Å². The molecule has 0 unspecified atom stereocenters. The zero-order valence-electron chi connectivity index (χ0n) is 10.6. The highest BCUT2D eigenvalue weighted by Crippen LogP contribution is 2.38. The van der Waals surface area contributed by atoms with Crippen LogP contribution in [0.2, 0.25) is 0 Å². The van der Waals surface area contributed by atoms with Crippen molar-refractivity contribution in [3.63, 3.8) is 0 Å². The Kier molecular flexibility index (Phi) is 4.03. The van der Waals surface area contributed by atoms with E-state index in [2.05, 4.69) is 15.0 Å². The molecular formula is C14H8N3O2S2-. The number of aromatic nitrogens is 2. The monoisotopic (exact) mass is 314 g/mol. The van der Waals surface area contributed by atoms with Gasteiger partial charge in [0.25, 0.3) is 5.91 Å². The van der Waals surface area contributed by atoms with Gasteiger partial charge in [-0.05, 0) is 24.3 Å². The quantitative estimate of drug-likeness (QED) is 0.857. The molecule has 0 atom stereocenters. The largest absolute Gasteiger partial charge is 0.858 e. The normalized spacial score (nSPS) is 14.5. The van der Waals surface area contributed by atoms with Crippen molar-refractivity contribution in [3.8, 4) is 0 Å². The summed E-state index contributed by atoms with van der Waals surface area (Å²) in [7, 11) is 0. The maximum Gasteiger partial charge on any atom is 0.284 e. The summed E-state index contributed by atoms with van der Waals surface area (Å²) in [6.07, 6.45) is 3.26. The number of pyridine rings is 2. The van der Waals surface area contributed by atoms with E-state index in [1.807, 2.05) is 12.1 Å². The number of nitrogens with zero attached hydrogens (tertiary/aromatic N) is 3. The van der Waals surface area contributed by atoms with Crippen molar-refractivity contribution in [1.29, 1.82) is 0 Å². The Bertz CT molecular complexity index is 730. The second-order valence-electron chi connectivity index (χ2n) is 3.92. The first-order chi connectivity index (χ1) is 10.2. The summed E-state index contributed by atoms with van der Waals surface area (Å²) in [5.41, 5.74) is 0. The number of aliphatic imine (C=N–C) groups is 1. The molecule has 2 aromatic heterocycles. The van der Waals surface area contributed by atoms with E-state index < -0.39 is 11.8 Å². The molecule has 3 rings (SSSR count). The fraction of sp³-hybridized carbons (Fsp3) is 0. The third-order valence-electron chi connectivity index (χ3n) is 2.49. The van der Waals surface area contributed by atoms with Crippen molar-refractivity contribution in [1.82, 2.24) is 9.97 Å². The van der Waals surface area contributed by atoms with Crippen LogP contribution in [0.15, 0.2) is 73.6 Å². The van der Waals surface area contributed by atoms with Crippen LogP contribution >= 0.6 is 23.5 Å². The topological polar surface area (TPSA) is 78.3 Å². The standard InChI is InChI=1S/C14H9N3O2S2/c18-13-11(20-9-5-1-3-7-15-9)12(14(19)17-13)21-10-6-2-4-8-16-10/h1-8H,(H,17,18,19)/p-1. The summed E-state index contributed by atoms with van der Waals surface area (Å²) in [4.78, 5) is 24.2. The number of amides is 1. The Hall–Kier alpha value is -2.12. The number of hydrogen-bond acceptors (Lipinski definition) is 6. The number of rotatable bonds is 4. The Morgan fingerprint density at radius 3 is 1.95 bits per heavy atom. The van der Waals surface area contributed by atoms with Crippen LogP contribution in [0.25, 0.3) is 0 Å². The fourth-order valence-electron chi connectivity index (χ4n) is 1.59. The third kappa shape index (κ3) is 3.14. The molecule has 0 N–H and O–H groups in total. The first-order valence-corrected chi connectivity index (χ1v) is 7.60. The Morgan fingerprint density at radius 2 is 1.43 bits per heavy atom. The molecule has 3 heterocycles. The number of thioether (sulfide) groups is 2. The predicted octanol–water partition coefficient (Wildman–Crippen LogP) is 1.87. The molecule has 0 aliphatic carbocycles. The number of carbonyl (C=O) groups is 1. The second-order valence-corrected chi connectivity index (χ2v) is 5.98. The van der Waals surface area contributed by atoms with Crippen LogP contribution in [-0.2, 0) is 4.79 Å². The molecule has 2 aromatic rings. The molecule has 0 aromatic carbocycles. The summed E-state index contributed by atoms with van der Waals surface area (Å²) in [6, 6.07) is 10.8. The molecule has 1 amide bonds. The Balaban J connectivity index is 1.92. The molecule has 5 nitrogen and oxygen atoms in total. The maximum atomic E-state index is 11.9. The Labute approximate surface area is 129 Å². The van der Waals surface area contributed by atoms with Crippen LogP contribution < -0.4 is 5.11 Å². The van der Waals surface area contributed by atoms with Crippen LogP contribution in [0.5, 0.6) is 0 Å². The molecule has 0 fully saturated rings. The van der Waals surface area contributed by atoms with E-state index in [0.717, 1.165) is 23.5 Å². The summed E-state index contributed by atoms with van der Waals surface area (Å²) in [5, 5.41) is 13.1. The van der Waals surface area contributed by atoms with Gasteiger partial charge in [0.2, 0.25) is 0 Å². The van der Waals surface area contributed by atoms with Gasteiger partial charge in [0.15, 0.2) is 0 Å². The average molecular weight is 314 g/mol. The van der Waals surface area contributed by atoms with Crippen molar-refractivity contribution in [3.05, 3.63) is 58.6 Å². The highest BCUT2D eigenvalue weighted by molar-refractivity contribution is 8.08. The minimum atomic E-state index is -0.519. The van der Waals surface area contributed by atoms with E-state index >= 15 is 0 Å². The molecule has 104 valence electrons. The van der Waals surface area contributed by atoms with E-state index in [1.54, 1.807) is 36.7 Å². The van der Waals surface area contributed by atoms with Gasteiger partial charge >= 0.3 is 0 Å². The average Bonchev–Trinajstić information content (AvgIpc) is 2.76. The van der Waals surface area contributed by atoms with Crippen LogP contribution in [-0.4, -0.2) is 21.8 Å². The molecule has 1 aliphatic heterocycles. The van der Waals surface area contributed by atoms with Crippen LogP contribution in [0.3, 0.4) is 0 Å². The maximum absolute atomic E-state index is 11.9. The molecule has 0 spiro atoms. The van der Waals surface area contributed by atoms with E-state index in [9.17, 15) is 9.90 Å². The lowest BCUT2D eigenvalue weighted by atomic mass is 10.5. The lowest BCUT2D eigenvalue weighted by Crippen LogP contribution is -2.16. The smallest absolute Gasteiger partial charge is 0.284 e. The zero-order chi connectivity index (χ0) is 14.7. The van der Waals surface area contributed by atoms with Gasteiger partial charge in [-0.3, -0.25) is 4.79 Å². The van der Waals surface area contributed by atoms with Crippen molar-refractivity contribution >= 4 is 35.3 Å². The van der Waals surface area contributed by atoms with Crippen molar-refractivity contribution < 1.29 is 9.90 Å². The summed E-state index contributed by atoms with van der Waals surface area (Å²) in [6.45, 7) is 0. The molecular weight excluding hydrogens is 306 g/mol. The molecule has 0 saturated heterocycles. The molecule has 1 aliphatic rings. The first kappa shape index (κ1) is 13.8. The minimum Gasteiger partial charge on any atom is -0.858 e. The fourth-order valence-corrected chi connectivity index (χ4v) is 3.41. The summed E-state index contributed by atoms with van der Waals surface area (Å²) >= 11 is 2.29. The highest BCUT2D eigenvalue weighted by atomic mass is 32.2. The molecule has 0 saturated carbocycles. The van der Waals surface area contributed by atoms with Crippen molar-refractivity contribution in [2.75, 3.05) is 0 Å². The van der Waals surface area contributed by atoms with Gasteiger partial charge < -0.3 is 5.11 Å². The summed E-state index contributed by atoms with van der Waals surface area (Å²) in [5.74, 6) is -1.04. The van der Waals surface area contributed by atoms with Crippen LogP contribution in [0, 0.1) is 0 Å². The van der Waals surface area contributed by atoms with Gasteiger partial charge in [-0.25, -0.2) is 15.0 Å². The predicted molar refractivity (Wildman–Crippen MR) is 79.7 cm³/mol. The van der Waals surface area contributed by atoms with Gasteiger partial charge in [0, 0.05) is 23.2 Å². The van der Waals surface area contributed by atoms with Crippen molar-refractivity contribution in [2.45, 2.75) is 10.1 Å². The van der Waals surface area contributed by atoms with Gasteiger partial charge in [-0.15, -0.1) is 0 Å². The number of hydrogen-bond donors (Lipinski definition) is 0. The Morgan fingerprint density at radius 1 is 0.857 bits per heavy atom. The number of carbonyl (C=O) groups excluding carboxylic acids is 1. The van der Waals surface area contributed by atoms with E-state index in [1.165, 1.54) is 0 Å².